The van der Waals surface area contributed by atoms with Gasteiger partial charge in [0, 0.05) is 12.4 Å². The summed E-state index contributed by atoms with van der Waals surface area (Å²) in [5.41, 5.74) is 1.14. The van der Waals surface area contributed by atoms with E-state index in [4.69, 9.17) is 0 Å². The lowest BCUT2D eigenvalue weighted by Crippen LogP contribution is -2.10. The molecule has 0 saturated heterocycles. The molecule has 0 N–H and O–H groups in total. The van der Waals surface area contributed by atoms with Crippen molar-refractivity contribution in [1.29, 1.82) is 0 Å². The van der Waals surface area contributed by atoms with Crippen LogP contribution in [0, 0.1) is 0 Å². The maximum atomic E-state index is 12.1. The Labute approximate surface area is 102 Å². The first-order valence-corrected chi connectivity index (χ1v) is 6.94. The SMILES string of the molecule is CC(C)c1ccc(S(=O)(=O)n2cccc2)cc1. The molecule has 1 aromatic carbocycles. The highest BCUT2D eigenvalue weighted by Gasteiger charge is 2.15. The van der Waals surface area contributed by atoms with Crippen molar-refractivity contribution >= 4 is 10.0 Å². The predicted octanol–water partition coefficient (Wildman–Crippen LogP) is 2.85. The van der Waals surface area contributed by atoms with Crippen molar-refractivity contribution in [3.05, 3.63) is 54.4 Å². The van der Waals surface area contributed by atoms with E-state index in [1.54, 1.807) is 24.3 Å². The molecule has 0 unspecified atom stereocenters. The molecule has 90 valence electrons. The van der Waals surface area contributed by atoms with Crippen molar-refractivity contribution in [3.63, 3.8) is 0 Å². The van der Waals surface area contributed by atoms with Gasteiger partial charge in [-0.2, -0.15) is 0 Å². The van der Waals surface area contributed by atoms with Crippen LogP contribution in [0.4, 0.5) is 0 Å². The highest BCUT2D eigenvalue weighted by molar-refractivity contribution is 7.90. The summed E-state index contributed by atoms with van der Waals surface area (Å²) < 4.78 is 25.5. The standard InChI is InChI=1S/C13H15NO2S/c1-11(2)12-5-7-13(8-6-12)17(15,16)14-9-3-4-10-14/h3-11H,1-2H3. The lowest BCUT2D eigenvalue weighted by Gasteiger charge is -2.08. The number of rotatable bonds is 3. The van der Waals surface area contributed by atoms with E-state index in [1.165, 1.54) is 16.4 Å². The van der Waals surface area contributed by atoms with Crippen LogP contribution in [0.25, 0.3) is 0 Å². The van der Waals surface area contributed by atoms with Gasteiger partial charge >= 0.3 is 0 Å². The Bertz CT molecular complexity index is 581. The molecular formula is C13H15NO2S. The zero-order chi connectivity index (χ0) is 12.5. The molecule has 0 spiro atoms. The zero-order valence-electron chi connectivity index (χ0n) is 9.87. The highest BCUT2D eigenvalue weighted by Crippen LogP contribution is 2.19. The Balaban J connectivity index is 2.42. The number of hydrogen-bond donors (Lipinski definition) is 0. The first-order chi connectivity index (χ1) is 8.01. The fourth-order valence-electron chi connectivity index (χ4n) is 1.63. The maximum Gasteiger partial charge on any atom is 0.267 e. The van der Waals surface area contributed by atoms with Crippen LogP contribution in [0.3, 0.4) is 0 Å². The summed E-state index contributed by atoms with van der Waals surface area (Å²) in [5, 5.41) is 0. The third-order valence-corrected chi connectivity index (χ3v) is 4.37. The molecule has 17 heavy (non-hydrogen) atoms. The molecule has 0 aliphatic carbocycles. The van der Waals surface area contributed by atoms with Gasteiger partial charge in [-0.3, -0.25) is 0 Å². The first kappa shape index (κ1) is 11.9. The summed E-state index contributed by atoms with van der Waals surface area (Å²) in [4.78, 5) is 0.318. The van der Waals surface area contributed by atoms with E-state index in [2.05, 4.69) is 13.8 Å². The fourth-order valence-corrected chi connectivity index (χ4v) is 2.81. The van der Waals surface area contributed by atoms with Crippen molar-refractivity contribution in [1.82, 2.24) is 3.97 Å². The second-order valence-electron chi connectivity index (χ2n) is 4.24. The molecule has 0 radical (unpaired) electrons. The molecule has 3 nitrogen and oxygen atoms in total. The topological polar surface area (TPSA) is 39.1 Å². The van der Waals surface area contributed by atoms with E-state index < -0.39 is 10.0 Å². The normalized spacial score (nSPS) is 11.9. The predicted molar refractivity (Wildman–Crippen MR) is 67.5 cm³/mol. The van der Waals surface area contributed by atoms with Gasteiger partial charge in [-0.05, 0) is 35.7 Å². The third kappa shape index (κ3) is 2.26. The molecular weight excluding hydrogens is 234 g/mol. The van der Waals surface area contributed by atoms with Crippen molar-refractivity contribution < 1.29 is 8.42 Å². The van der Waals surface area contributed by atoms with Gasteiger partial charge in [0.2, 0.25) is 0 Å². The van der Waals surface area contributed by atoms with E-state index in [-0.39, 0.29) is 0 Å². The molecule has 1 aromatic heterocycles. The fraction of sp³-hybridized carbons (Fsp3) is 0.231. The molecule has 0 fully saturated rings. The van der Waals surface area contributed by atoms with Crippen LogP contribution in [0.2, 0.25) is 0 Å². The van der Waals surface area contributed by atoms with Crippen LogP contribution in [-0.4, -0.2) is 12.4 Å². The van der Waals surface area contributed by atoms with Gasteiger partial charge in [-0.15, -0.1) is 0 Å². The number of benzene rings is 1. The van der Waals surface area contributed by atoms with Crippen LogP contribution in [0.5, 0.6) is 0 Å². The molecule has 0 amide bonds. The lowest BCUT2D eigenvalue weighted by atomic mass is 10.0. The largest absolute Gasteiger partial charge is 0.267 e. The summed E-state index contributed by atoms with van der Waals surface area (Å²) >= 11 is 0. The Kier molecular flexibility index (Phi) is 3.07. The van der Waals surface area contributed by atoms with Crippen LogP contribution in [0.1, 0.15) is 25.3 Å². The molecule has 2 aromatic rings. The summed E-state index contributed by atoms with van der Waals surface area (Å²) in [7, 11) is -3.42. The van der Waals surface area contributed by atoms with Crippen LogP contribution >= 0.6 is 0 Å². The van der Waals surface area contributed by atoms with Gasteiger partial charge in [0.25, 0.3) is 10.0 Å². The second kappa shape index (κ2) is 4.37. The van der Waals surface area contributed by atoms with E-state index in [1.807, 2.05) is 12.1 Å². The Morgan fingerprint density at radius 1 is 1.00 bits per heavy atom. The number of hydrogen-bond acceptors (Lipinski definition) is 2. The second-order valence-corrected chi connectivity index (χ2v) is 6.08. The summed E-state index contributed by atoms with van der Waals surface area (Å²) in [6, 6.07) is 10.4. The van der Waals surface area contributed by atoms with Crippen molar-refractivity contribution in [2.75, 3.05) is 0 Å². The van der Waals surface area contributed by atoms with E-state index in [0.717, 1.165) is 5.56 Å². The summed E-state index contributed by atoms with van der Waals surface area (Å²) in [6.45, 7) is 4.16. The molecule has 4 heteroatoms. The van der Waals surface area contributed by atoms with Gasteiger partial charge in [-0.25, -0.2) is 12.4 Å². The Morgan fingerprint density at radius 3 is 2.00 bits per heavy atom. The van der Waals surface area contributed by atoms with Gasteiger partial charge in [-0.1, -0.05) is 26.0 Å². The highest BCUT2D eigenvalue weighted by atomic mass is 32.2. The monoisotopic (exact) mass is 249 g/mol. The number of aromatic nitrogens is 1. The van der Waals surface area contributed by atoms with E-state index in [9.17, 15) is 8.42 Å². The summed E-state index contributed by atoms with van der Waals surface area (Å²) in [6.07, 6.45) is 3.07. The minimum absolute atomic E-state index is 0.318. The van der Waals surface area contributed by atoms with Crippen molar-refractivity contribution in [3.8, 4) is 0 Å². The number of nitrogens with zero attached hydrogens (tertiary/aromatic N) is 1. The summed E-state index contributed by atoms with van der Waals surface area (Å²) in [5.74, 6) is 0.401. The quantitative estimate of drug-likeness (QED) is 0.839. The van der Waals surface area contributed by atoms with Crippen molar-refractivity contribution in [2.24, 2.45) is 0 Å². The third-order valence-electron chi connectivity index (χ3n) is 2.70. The minimum atomic E-state index is -3.42. The van der Waals surface area contributed by atoms with E-state index >= 15 is 0 Å². The lowest BCUT2D eigenvalue weighted by molar-refractivity contribution is 0.587. The molecule has 0 aliphatic heterocycles. The van der Waals surface area contributed by atoms with Gasteiger partial charge in [0.1, 0.15) is 0 Å². The zero-order valence-corrected chi connectivity index (χ0v) is 10.7. The van der Waals surface area contributed by atoms with Crippen LogP contribution < -0.4 is 0 Å². The molecule has 1 heterocycles. The maximum absolute atomic E-state index is 12.1. The molecule has 0 atom stereocenters. The van der Waals surface area contributed by atoms with Gasteiger partial charge < -0.3 is 0 Å². The molecule has 0 bridgehead atoms. The first-order valence-electron chi connectivity index (χ1n) is 5.50. The van der Waals surface area contributed by atoms with Crippen molar-refractivity contribution in [2.45, 2.75) is 24.7 Å². The van der Waals surface area contributed by atoms with Gasteiger partial charge in [0.15, 0.2) is 0 Å². The van der Waals surface area contributed by atoms with Crippen LogP contribution in [0.15, 0.2) is 53.7 Å². The van der Waals surface area contributed by atoms with Gasteiger partial charge in [0.05, 0.1) is 4.90 Å². The van der Waals surface area contributed by atoms with E-state index in [0.29, 0.717) is 10.8 Å². The Morgan fingerprint density at radius 2 is 1.53 bits per heavy atom. The Hall–Kier alpha value is -1.55. The average molecular weight is 249 g/mol. The van der Waals surface area contributed by atoms with Crippen LogP contribution in [-0.2, 0) is 10.0 Å². The minimum Gasteiger partial charge on any atom is -0.249 e. The molecule has 0 saturated carbocycles. The average Bonchev–Trinajstić information content (AvgIpc) is 2.83. The molecule has 0 aliphatic rings. The molecule has 2 rings (SSSR count). The smallest absolute Gasteiger partial charge is 0.249 e.